The molecule has 3 aromatic rings. The second-order valence-corrected chi connectivity index (χ2v) is 12.2. The Morgan fingerprint density at radius 3 is 2.11 bits per heavy atom. The molecule has 0 radical (unpaired) electrons. The summed E-state index contributed by atoms with van der Waals surface area (Å²) >= 11 is 4.32. The first-order valence-electron chi connectivity index (χ1n) is 8.05. The van der Waals surface area contributed by atoms with Gasteiger partial charge in [0.25, 0.3) is 20.0 Å². The van der Waals surface area contributed by atoms with Crippen molar-refractivity contribution in [2.24, 2.45) is 0 Å². The van der Waals surface area contributed by atoms with Crippen LogP contribution in [0.4, 0.5) is 11.4 Å². The molecule has 0 aliphatic carbocycles. The number of sulfonamides is 2. The number of hydrogen-bond donors (Lipinski definition) is 2. The molecule has 2 aromatic carbocycles. The van der Waals surface area contributed by atoms with Crippen LogP contribution < -0.4 is 9.44 Å². The average molecular weight is 501 g/mol. The van der Waals surface area contributed by atoms with Gasteiger partial charge in [-0.3, -0.25) is 9.44 Å². The van der Waals surface area contributed by atoms with Crippen molar-refractivity contribution < 1.29 is 16.8 Å². The highest BCUT2D eigenvalue weighted by Crippen LogP contribution is 2.28. The number of thiophene rings is 1. The van der Waals surface area contributed by atoms with Crippen molar-refractivity contribution in [2.45, 2.75) is 23.0 Å². The van der Waals surface area contributed by atoms with Crippen LogP contribution in [0.5, 0.6) is 0 Å². The minimum atomic E-state index is -3.79. The van der Waals surface area contributed by atoms with Gasteiger partial charge in [0.05, 0.1) is 14.4 Å². The number of benzene rings is 2. The Hall–Kier alpha value is -1.88. The summed E-state index contributed by atoms with van der Waals surface area (Å²) in [5.41, 5.74) is 2.53. The molecule has 1 heterocycles. The maximum atomic E-state index is 12.6. The maximum Gasteiger partial charge on any atom is 0.271 e. The van der Waals surface area contributed by atoms with Crippen LogP contribution in [0.15, 0.2) is 67.5 Å². The van der Waals surface area contributed by atoms with Crippen LogP contribution in [0.3, 0.4) is 0 Å². The SMILES string of the molecule is Cc1ccc(C)c(NS(=O)(=O)c2ccc(NS(=O)(=O)c3ccc(Br)s3)cc2)c1. The van der Waals surface area contributed by atoms with Gasteiger partial charge in [0.2, 0.25) is 0 Å². The summed E-state index contributed by atoms with van der Waals surface area (Å²) in [6, 6.07) is 14.2. The zero-order valence-corrected chi connectivity index (χ0v) is 19.0. The molecule has 1 aromatic heterocycles. The largest absolute Gasteiger partial charge is 0.279 e. The van der Waals surface area contributed by atoms with E-state index in [1.54, 1.807) is 12.1 Å². The summed E-state index contributed by atoms with van der Waals surface area (Å²) in [7, 11) is -7.52. The van der Waals surface area contributed by atoms with E-state index in [9.17, 15) is 16.8 Å². The van der Waals surface area contributed by atoms with E-state index in [2.05, 4.69) is 25.4 Å². The van der Waals surface area contributed by atoms with Crippen molar-refractivity contribution in [3.63, 3.8) is 0 Å². The first-order chi connectivity index (χ1) is 13.1. The summed E-state index contributed by atoms with van der Waals surface area (Å²) in [4.78, 5) is 0.0372. The topological polar surface area (TPSA) is 92.3 Å². The lowest BCUT2D eigenvalue weighted by Crippen LogP contribution is -2.14. The van der Waals surface area contributed by atoms with Crippen LogP contribution in [0.1, 0.15) is 11.1 Å². The standard InChI is InChI=1S/C18H17BrN2O4S3/c1-12-3-4-13(2)16(11-12)21-27(22,23)15-7-5-14(6-8-15)20-28(24,25)18-10-9-17(19)26-18/h3-11,20-21H,1-2H3. The Morgan fingerprint density at radius 2 is 1.50 bits per heavy atom. The van der Waals surface area contributed by atoms with E-state index < -0.39 is 20.0 Å². The number of rotatable bonds is 6. The van der Waals surface area contributed by atoms with Crippen LogP contribution in [-0.4, -0.2) is 16.8 Å². The van der Waals surface area contributed by atoms with Crippen molar-refractivity contribution >= 4 is 58.7 Å². The van der Waals surface area contributed by atoms with Crippen molar-refractivity contribution in [3.8, 4) is 0 Å². The number of hydrogen-bond acceptors (Lipinski definition) is 5. The first kappa shape index (κ1) is 20.8. The molecule has 0 spiro atoms. The predicted octanol–water partition coefficient (Wildman–Crippen LogP) is 4.73. The number of aryl methyl sites for hydroxylation is 2. The molecule has 0 bridgehead atoms. The molecule has 2 N–H and O–H groups in total. The molecular formula is C18H17BrN2O4S3. The van der Waals surface area contributed by atoms with Crippen molar-refractivity contribution in [3.05, 3.63) is 69.5 Å². The Balaban J connectivity index is 1.81. The molecule has 0 saturated heterocycles. The summed E-state index contributed by atoms with van der Waals surface area (Å²) in [6.45, 7) is 3.70. The lowest BCUT2D eigenvalue weighted by Gasteiger charge is -2.12. The van der Waals surface area contributed by atoms with Crippen molar-refractivity contribution in [2.75, 3.05) is 9.44 Å². The van der Waals surface area contributed by atoms with E-state index in [0.717, 1.165) is 22.5 Å². The lowest BCUT2D eigenvalue weighted by molar-refractivity contribution is 0.600. The monoisotopic (exact) mass is 500 g/mol. The van der Waals surface area contributed by atoms with Gasteiger partial charge in [0.15, 0.2) is 0 Å². The molecule has 0 unspecified atom stereocenters. The third-order valence-electron chi connectivity index (χ3n) is 3.87. The fraction of sp³-hybridized carbons (Fsp3) is 0.111. The van der Waals surface area contributed by atoms with Crippen LogP contribution in [0.2, 0.25) is 0 Å². The smallest absolute Gasteiger partial charge is 0.271 e. The van der Waals surface area contributed by atoms with Gasteiger partial charge in [-0.05, 0) is 83.4 Å². The van der Waals surface area contributed by atoms with Gasteiger partial charge < -0.3 is 0 Å². The van der Waals surface area contributed by atoms with Gasteiger partial charge in [-0.1, -0.05) is 12.1 Å². The molecular weight excluding hydrogens is 484 g/mol. The lowest BCUT2D eigenvalue weighted by atomic mass is 10.1. The Kier molecular flexibility index (Phi) is 5.85. The minimum absolute atomic E-state index is 0.0372. The zero-order chi connectivity index (χ0) is 20.5. The molecule has 0 fully saturated rings. The highest BCUT2D eigenvalue weighted by molar-refractivity contribution is 9.11. The molecule has 3 rings (SSSR count). The predicted molar refractivity (Wildman–Crippen MR) is 116 cm³/mol. The average Bonchev–Trinajstić information content (AvgIpc) is 3.05. The zero-order valence-electron chi connectivity index (χ0n) is 14.9. The quantitative estimate of drug-likeness (QED) is 0.511. The van der Waals surface area contributed by atoms with E-state index in [4.69, 9.17) is 0 Å². The van der Waals surface area contributed by atoms with Crippen LogP contribution >= 0.6 is 27.3 Å². The summed E-state index contributed by atoms with van der Waals surface area (Å²) < 4.78 is 55.8. The molecule has 6 nitrogen and oxygen atoms in total. The Labute approximate surface area is 176 Å². The highest BCUT2D eigenvalue weighted by Gasteiger charge is 2.18. The molecule has 0 aliphatic rings. The number of nitrogens with one attached hydrogen (secondary N) is 2. The molecule has 0 saturated carbocycles. The summed E-state index contributed by atoms with van der Waals surface area (Å²) in [5, 5.41) is 0. The third kappa shape index (κ3) is 4.75. The molecule has 28 heavy (non-hydrogen) atoms. The van der Waals surface area contributed by atoms with Gasteiger partial charge in [-0.2, -0.15) is 0 Å². The maximum absolute atomic E-state index is 12.6. The Bertz CT molecular complexity index is 1220. The first-order valence-corrected chi connectivity index (χ1v) is 12.6. The van der Waals surface area contributed by atoms with Crippen LogP contribution in [0.25, 0.3) is 0 Å². The number of anilines is 2. The minimum Gasteiger partial charge on any atom is -0.279 e. The van der Waals surface area contributed by atoms with E-state index >= 15 is 0 Å². The molecule has 0 aliphatic heterocycles. The van der Waals surface area contributed by atoms with Gasteiger partial charge in [-0.25, -0.2) is 16.8 Å². The van der Waals surface area contributed by atoms with Gasteiger partial charge in [-0.15, -0.1) is 11.3 Å². The number of halogens is 1. The van der Waals surface area contributed by atoms with Crippen molar-refractivity contribution in [1.29, 1.82) is 0 Å². The van der Waals surface area contributed by atoms with Crippen LogP contribution in [0, 0.1) is 13.8 Å². The van der Waals surface area contributed by atoms with Gasteiger partial charge in [0, 0.05) is 5.69 Å². The summed E-state index contributed by atoms with van der Waals surface area (Å²) in [6.07, 6.45) is 0. The highest BCUT2D eigenvalue weighted by atomic mass is 79.9. The Morgan fingerprint density at radius 1 is 0.821 bits per heavy atom. The second-order valence-electron chi connectivity index (χ2n) is 6.11. The van der Waals surface area contributed by atoms with Crippen molar-refractivity contribution in [1.82, 2.24) is 0 Å². The third-order valence-corrected chi connectivity index (χ3v) is 8.75. The summed E-state index contributed by atoms with van der Waals surface area (Å²) in [5.74, 6) is 0. The fourth-order valence-electron chi connectivity index (χ4n) is 2.40. The fourth-order valence-corrected chi connectivity index (χ4v) is 6.59. The second kappa shape index (κ2) is 7.86. The van der Waals surface area contributed by atoms with Crippen LogP contribution in [-0.2, 0) is 20.0 Å². The van der Waals surface area contributed by atoms with E-state index in [1.807, 2.05) is 26.0 Å². The van der Waals surface area contributed by atoms with Gasteiger partial charge >= 0.3 is 0 Å². The molecule has 10 heteroatoms. The van der Waals surface area contributed by atoms with Gasteiger partial charge in [0.1, 0.15) is 4.21 Å². The molecule has 0 atom stereocenters. The normalized spacial score (nSPS) is 12.0. The van der Waals surface area contributed by atoms with E-state index in [1.165, 1.54) is 30.3 Å². The molecule has 148 valence electrons. The van der Waals surface area contributed by atoms with E-state index in [-0.39, 0.29) is 14.8 Å². The van der Waals surface area contributed by atoms with E-state index in [0.29, 0.717) is 9.47 Å². The molecule has 0 amide bonds.